The number of fused-ring (bicyclic) bond motifs is 1. The second-order valence-corrected chi connectivity index (χ2v) is 8.28. The van der Waals surface area contributed by atoms with E-state index in [0.29, 0.717) is 13.1 Å². The van der Waals surface area contributed by atoms with Gasteiger partial charge in [-0.1, -0.05) is 42.8 Å². The molecule has 0 bridgehead atoms. The third kappa shape index (κ3) is 6.45. The van der Waals surface area contributed by atoms with Gasteiger partial charge in [0.15, 0.2) is 5.96 Å². The average Bonchev–Trinajstić information content (AvgIpc) is 3.13. The molecule has 1 aliphatic rings. The van der Waals surface area contributed by atoms with E-state index in [4.69, 9.17) is 9.98 Å². The zero-order valence-electron chi connectivity index (χ0n) is 19.2. The summed E-state index contributed by atoms with van der Waals surface area (Å²) in [5.74, 6) is 1.81. The van der Waals surface area contributed by atoms with Crippen LogP contribution in [0.1, 0.15) is 43.1 Å². The molecule has 7 heteroatoms. The Hall–Kier alpha value is -2.13. The number of aromatic nitrogens is 2. The molecule has 0 saturated carbocycles. The standard InChI is InChI=1S/C25H34N6.HI/c1-3-26-25(28-18-24-29-22-9-5-6-10-23(22)30(24)2)27-17-20-11-13-21(14-12-20)19-31-15-7-4-8-16-31;/h5-6,9-14H,3-4,7-8,15-19H2,1-2H3,(H2,26,27,28);1H. The lowest BCUT2D eigenvalue weighted by Gasteiger charge is -2.26. The molecule has 1 fully saturated rings. The first-order valence-electron chi connectivity index (χ1n) is 11.5. The van der Waals surface area contributed by atoms with E-state index in [0.717, 1.165) is 35.9 Å². The summed E-state index contributed by atoms with van der Waals surface area (Å²) in [5.41, 5.74) is 4.78. The first-order chi connectivity index (χ1) is 15.2. The Morgan fingerprint density at radius 3 is 2.41 bits per heavy atom. The molecule has 0 amide bonds. The van der Waals surface area contributed by atoms with Gasteiger partial charge in [-0.3, -0.25) is 4.90 Å². The smallest absolute Gasteiger partial charge is 0.191 e. The number of hydrogen-bond acceptors (Lipinski definition) is 3. The minimum absolute atomic E-state index is 0. The van der Waals surface area contributed by atoms with Gasteiger partial charge in [0.25, 0.3) is 0 Å². The van der Waals surface area contributed by atoms with Crippen molar-refractivity contribution in [3.8, 4) is 0 Å². The lowest BCUT2D eigenvalue weighted by Crippen LogP contribution is -2.37. The number of piperidine rings is 1. The normalized spacial score (nSPS) is 14.9. The van der Waals surface area contributed by atoms with Crippen LogP contribution in [0, 0.1) is 0 Å². The molecule has 0 spiro atoms. The van der Waals surface area contributed by atoms with Gasteiger partial charge in [0.1, 0.15) is 5.82 Å². The molecule has 1 saturated heterocycles. The minimum Gasteiger partial charge on any atom is -0.357 e. The molecule has 0 aliphatic carbocycles. The number of imidazole rings is 1. The van der Waals surface area contributed by atoms with Gasteiger partial charge in [-0.05, 0) is 56.1 Å². The first kappa shape index (κ1) is 24.5. The van der Waals surface area contributed by atoms with Crippen LogP contribution in [-0.2, 0) is 26.7 Å². The molecule has 3 aromatic rings. The quantitative estimate of drug-likeness (QED) is 0.262. The van der Waals surface area contributed by atoms with Gasteiger partial charge in [-0.25, -0.2) is 9.98 Å². The van der Waals surface area contributed by atoms with E-state index in [9.17, 15) is 0 Å². The van der Waals surface area contributed by atoms with E-state index in [1.54, 1.807) is 0 Å². The first-order valence-corrected chi connectivity index (χ1v) is 11.5. The maximum absolute atomic E-state index is 4.77. The van der Waals surface area contributed by atoms with E-state index in [1.807, 2.05) is 18.2 Å². The lowest BCUT2D eigenvalue weighted by molar-refractivity contribution is 0.221. The predicted molar refractivity (Wildman–Crippen MR) is 143 cm³/mol. The summed E-state index contributed by atoms with van der Waals surface area (Å²) in [6, 6.07) is 17.1. The summed E-state index contributed by atoms with van der Waals surface area (Å²) in [6.07, 6.45) is 4.05. The maximum Gasteiger partial charge on any atom is 0.191 e. The third-order valence-corrected chi connectivity index (χ3v) is 5.94. The molecule has 0 radical (unpaired) electrons. The summed E-state index contributed by atoms with van der Waals surface area (Å²) in [6.45, 7) is 7.72. The molecule has 6 nitrogen and oxygen atoms in total. The van der Waals surface area contributed by atoms with Crippen LogP contribution >= 0.6 is 24.0 Å². The van der Waals surface area contributed by atoms with Crippen molar-refractivity contribution in [3.63, 3.8) is 0 Å². The highest BCUT2D eigenvalue weighted by Crippen LogP contribution is 2.15. The van der Waals surface area contributed by atoms with Crippen molar-refractivity contribution in [1.29, 1.82) is 0 Å². The summed E-state index contributed by atoms with van der Waals surface area (Å²) >= 11 is 0. The molecular weight excluding hydrogens is 511 g/mol. The minimum atomic E-state index is 0. The van der Waals surface area contributed by atoms with Crippen LogP contribution in [-0.4, -0.2) is 40.0 Å². The number of aliphatic imine (C=N–C) groups is 1. The number of nitrogens with one attached hydrogen (secondary N) is 2. The van der Waals surface area contributed by atoms with Crippen molar-refractivity contribution in [2.75, 3.05) is 19.6 Å². The summed E-state index contributed by atoms with van der Waals surface area (Å²) < 4.78 is 2.13. The van der Waals surface area contributed by atoms with Crippen LogP contribution in [0.3, 0.4) is 0 Å². The van der Waals surface area contributed by atoms with Gasteiger partial charge in [-0.15, -0.1) is 24.0 Å². The third-order valence-electron chi connectivity index (χ3n) is 5.94. The number of aryl methyl sites for hydroxylation is 1. The highest BCUT2D eigenvalue weighted by atomic mass is 127. The van der Waals surface area contributed by atoms with Gasteiger partial charge in [-0.2, -0.15) is 0 Å². The SMILES string of the molecule is CCNC(=NCc1ccc(CN2CCCCC2)cc1)NCc1nc2ccccc2n1C.I. The van der Waals surface area contributed by atoms with E-state index in [2.05, 4.69) is 64.4 Å². The largest absolute Gasteiger partial charge is 0.357 e. The van der Waals surface area contributed by atoms with Gasteiger partial charge >= 0.3 is 0 Å². The number of hydrogen-bond donors (Lipinski definition) is 2. The lowest BCUT2D eigenvalue weighted by atomic mass is 10.1. The highest BCUT2D eigenvalue weighted by molar-refractivity contribution is 14.0. The van der Waals surface area contributed by atoms with Crippen LogP contribution in [0.5, 0.6) is 0 Å². The molecule has 0 unspecified atom stereocenters. The van der Waals surface area contributed by atoms with Gasteiger partial charge in [0.05, 0.1) is 24.1 Å². The van der Waals surface area contributed by atoms with Crippen LogP contribution in [0.25, 0.3) is 11.0 Å². The fraction of sp³-hybridized carbons (Fsp3) is 0.440. The zero-order valence-corrected chi connectivity index (χ0v) is 21.5. The average molecular weight is 547 g/mol. The van der Waals surface area contributed by atoms with Gasteiger partial charge in [0, 0.05) is 20.1 Å². The van der Waals surface area contributed by atoms with E-state index in [1.165, 1.54) is 43.5 Å². The Kier molecular flexibility index (Phi) is 9.35. The number of benzene rings is 2. The molecule has 2 aromatic carbocycles. The number of halogens is 1. The Labute approximate surface area is 208 Å². The molecule has 1 aliphatic heterocycles. The van der Waals surface area contributed by atoms with Crippen molar-refractivity contribution >= 4 is 41.0 Å². The van der Waals surface area contributed by atoms with Crippen molar-refractivity contribution in [2.24, 2.45) is 12.0 Å². The fourth-order valence-corrected chi connectivity index (χ4v) is 4.15. The van der Waals surface area contributed by atoms with Crippen molar-refractivity contribution in [2.45, 2.75) is 45.8 Å². The number of guanidine groups is 1. The van der Waals surface area contributed by atoms with Crippen molar-refractivity contribution in [1.82, 2.24) is 25.1 Å². The second-order valence-electron chi connectivity index (χ2n) is 8.28. The Balaban J connectivity index is 0.00000289. The van der Waals surface area contributed by atoms with Crippen LogP contribution in [0.15, 0.2) is 53.5 Å². The monoisotopic (exact) mass is 546 g/mol. The molecular formula is C25H35IN6. The molecule has 4 rings (SSSR count). The summed E-state index contributed by atoms with van der Waals surface area (Å²) in [4.78, 5) is 12.1. The summed E-state index contributed by atoms with van der Waals surface area (Å²) in [7, 11) is 2.06. The van der Waals surface area contributed by atoms with Crippen molar-refractivity contribution in [3.05, 3.63) is 65.5 Å². The molecule has 172 valence electrons. The number of nitrogens with zero attached hydrogens (tertiary/aromatic N) is 4. The molecule has 1 aromatic heterocycles. The molecule has 2 heterocycles. The Morgan fingerprint density at radius 2 is 1.69 bits per heavy atom. The van der Waals surface area contributed by atoms with Gasteiger partial charge in [0.2, 0.25) is 0 Å². The fourth-order valence-electron chi connectivity index (χ4n) is 4.15. The van der Waals surface area contributed by atoms with E-state index >= 15 is 0 Å². The second kappa shape index (κ2) is 12.2. The van der Waals surface area contributed by atoms with Crippen LogP contribution < -0.4 is 10.6 Å². The summed E-state index contributed by atoms with van der Waals surface area (Å²) in [5, 5.41) is 6.76. The Bertz CT molecular complexity index is 1000. The maximum atomic E-state index is 4.77. The number of rotatable bonds is 7. The predicted octanol–water partition coefficient (Wildman–Crippen LogP) is 4.43. The molecule has 2 N–H and O–H groups in total. The number of likely N-dealkylation sites (tertiary alicyclic amines) is 1. The molecule has 32 heavy (non-hydrogen) atoms. The van der Waals surface area contributed by atoms with E-state index in [-0.39, 0.29) is 24.0 Å². The van der Waals surface area contributed by atoms with E-state index < -0.39 is 0 Å². The topological polar surface area (TPSA) is 57.5 Å². The number of para-hydroxylation sites is 2. The Morgan fingerprint density at radius 1 is 0.969 bits per heavy atom. The van der Waals surface area contributed by atoms with Crippen LogP contribution in [0.2, 0.25) is 0 Å². The van der Waals surface area contributed by atoms with Crippen molar-refractivity contribution < 1.29 is 0 Å². The molecule has 0 atom stereocenters. The highest BCUT2D eigenvalue weighted by Gasteiger charge is 2.10. The van der Waals surface area contributed by atoms with Crippen LogP contribution in [0.4, 0.5) is 0 Å². The zero-order chi connectivity index (χ0) is 21.5. The van der Waals surface area contributed by atoms with Gasteiger partial charge < -0.3 is 15.2 Å².